The SMILES string of the molecule is Cl.Fc1cc[c]([Zn])cc1. The van der Waals surface area contributed by atoms with Gasteiger partial charge in [-0.2, -0.15) is 0 Å². The van der Waals surface area contributed by atoms with Crippen LogP contribution in [-0.4, -0.2) is 0 Å². The van der Waals surface area contributed by atoms with Gasteiger partial charge in [-0.05, 0) is 0 Å². The summed E-state index contributed by atoms with van der Waals surface area (Å²) in [6, 6.07) is 6.57. The van der Waals surface area contributed by atoms with Gasteiger partial charge in [0, 0.05) is 0 Å². The molecule has 0 unspecified atom stereocenters. The van der Waals surface area contributed by atoms with Crippen LogP contribution in [0.25, 0.3) is 0 Å². The van der Waals surface area contributed by atoms with E-state index in [1.807, 2.05) is 0 Å². The van der Waals surface area contributed by atoms with Gasteiger partial charge in [-0.3, -0.25) is 0 Å². The van der Waals surface area contributed by atoms with E-state index in [9.17, 15) is 4.39 Å². The molecule has 0 aliphatic carbocycles. The molecule has 9 heavy (non-hydrogen) atoms. The predicted octanol–water partition coefficient (Wildman–Crippen LogP) is 1.42. The molecule has 1 aromatic rings. The van der Waals surface area contributed by atoms with E-state index < -0.39 is 0 Å². The van der Waals surface area contributed by atoms with E-state index in [2.05, 4.69) is 0 Å². The van der Waals surface area contributed by atoms with Gasteiger partial charge < -0.3 is 0 Å². The van der Waals surface area contributed by atoms with Crippen molar-refractivity contribution >= 4 is 16.6 Å². The minimum absolute atomic E-state index is 0. The van der Waals surface area contributed by atoms with Crippen LogP contribution < -0.4 is 4.16 Å². The van der Waals surface area contributed by atoms with Crippen LogP contribution >= 0.6 is 12.4 Å². The maximum absolute atomic E-state index is 12.1. The van der Waals surface area contributed by atoms with Crippen molar-refractivity contribution in [3.05, 3.63) is 30.1 Å². The van der Waals surface area contributed by atoms with Crippen molar-refractivity contribution < 1.29 is 22.7 Å². The Bertz CT molecular complexity index is 152. The number of rotatable bonds is 0. The first-order chi connectivity index (χ1) is 3.79. The zero-order chi connectivity index (χ0) is 5.98. The molecule has 0 saturated carbocycles. The molecule has 0 aliphatic heterocycles. The summed E-state index contributed by atoms with van der Waals surface area (Å²) >= 11 is 1.10. The molecule has 0 heterocycles. The van der Waals surface area contributed by atoms with Gasteiger partial charge in [0.1, 0.15) is 0 Å². The quantitative estimate of drug-likeness (QED) is 0.551. The second-order valence-corrected chi connectivity index (χ2v) is 3.34. The van der Waals surface area contributed by atoms with Gasteiger partial charge in [-0.25, -0.2) is 0 Å². The van der Waals surface area contributed by atoms with Gasteiger partial charge >= 0.3 is 56.9 Å². The van der Waals surface area contributed by atoms with Crippen molar-refractivity contribution in [2.24, 2.45) is 0 Å². The Morgan fingerprint density at radius 2 is 1.56 bits per heavy atom. The molecule has 45 valence electrons. The van der Waals surface area contributed by atoms with E-state index in [1.54, 1.807) is 12.1 Å². The fourth-order valence-electron chi connectivity index (χ4n) is 0.484. The van der Waals surface area contributed by atoms with E-state index in [1.165, 1.54) is 16.3 Å². The van der Waals surface area contributed by atoms with E-state index in [-0.39, 0.29) is 18.2 Å². The Morgan fingerprint density at radius 1 is 1.11 bits per heavy atom. The Labute approximate surface area is 69.5 Å². The first kappa shape index (κ1) is 9.06. The number of halogens is 2. The predicted molar refractivity (Wildman–Crippen MR) is 33.3 cm³/mol. The van der Waals surface area contributed by atoms with Crippen LogP contribution in [0.1, 0.15) is 0 Å². The molecule has 0 aliphatic rings. The molecule has 0 nitrogen and oxygen atoms in total. The van der Waals surface area contributed by atoms with Gasteiger partial charge in [0.25, 0.3) is 0 Å². The van der Waals surface area contributed by atoms with Gasteiger partial charge in [0.2, 0.25) is 0 Å². The fraction of sp³-hybridized carbons (Fsp3) is 0. The standard InChI is InChI=1S/C6H4F.ClH.Zn/c7-6-4-2-1-3-5-6;;/h2-5H;1H;. The molecular weight excluding hydrogens is 192 g/mol. The summed E-state index contributed by atoms with van der Waals surface area (Å²) in [5.41, 5.74) is 0. The molecule has 0 bridgehead atoms. The van der Waals surface area contributed by atoms with Crippen molar-refractivity contribution in [3.8, 4) is 0 Å². The molecule has 0 N–H and O–H groups in total. The summed E-state index contributed by atoms with van der Waals surface area (Å²) in [7, 11) is 0. The van der Waals surface area contributed by atoms with Crippen LogP contribution in [0.4, 0.5) is 4.39 Å². The van der Waals surface area contributed by atoms with Crippen LogP contribution in [0.15, 0.2) is 24.3 Å². The normalized spacial score (nSPS) is 8.33. The van der Waals surface area contributed by atoms with Gasteiger partial charge in [-0.1, -0.05) is 0 Å². The molecule has 0 atom stereocenters. The first-order valence-corrected chi connectivity index (χ1v) is 3.85. The van der Waals surface area contributed by atoms with Crippen molar-refractivity contribution in [1.29, 1.82) is 0 Å². The number of benzene rings is 1. The molecule has 0 spiro atoms. The fourth-order valence-corrected chi connectivity index (χ4v) is 0.979. The van der Waals surface area contributed by atoms with E-state index in [0.717, 1.165) is 18.3 Å². The molecular formula is C6H5ClFZn. The summed E-state index contributed by atoms with van der Waals surface area (Å²) in [4.78, 5) is 0. The Morgan fingerprint density at radius 3 is 1.89 bits per heavy atom. The van der Waals surface area contributed by atoms with Crippen LogP contribution in [0, 0.1) is 5.82 Å². The van der Waals surface area contributed by atoms with Crippen molar-refractivity contribution in [3.63, 3.8) is 0 Å². The summed E-state index contributed by atoms with van der Waals surface area (Å²) in [6.07, 6.45) is 0. The molecule has 1 aromatic carbocycles. The van der Waals surface area contributed by atoms with Crippen LogP contribution in [0.2, 0.25) is 0 Å². The third-order valence-electron chi connectivity index (χ3n) is 0.913. The summed E-state index contributed by atoms with van der Waals surface area (Å²) in [6.45, 7) is 0. The first-order valence-electron chi connectivity index (χ1n) is 2.36. The van der Waals surface area contributed by atoms with E-state index in [0.29, 0.717) is 0 Å². The molecule has 0 saturated heterocycles. The summed E-state index contributed by atoms with van der Waals surface area (Å²) < 4.78 is 13.3. The second kappa shape index (κ2) is 3.97. The second-order valence-electron chi connectivity index (χ2n) is 1.63. The molecule has 0 amide bonds. The maximum atomic E-state index is 12.1. The average molecular weight is 197 g/mol. The Kier molecular flexibility index (Phi) is 4.00. The van der Waals surface area contributed by atoms with Gasteiger partial charge in [-0.15, -0.1) is 12.4 Å². The van der Waals surface area contributed by atoms with E-state index in [4.69, 9.17) is 0 Å². The van der Waals surface area contributed by atoms with Crippen molar-refractivity contribution in [2.75, 3.05) is 0 Å². The molecule has 0 radical (unpaired) electrons. The topological polar surface area (TPSA) is 0 Å². The minimum atomic E-state index is -0.151. The molecule has 1 rings (SSSR count). The van der Waals surface area contributed by atoms with Crippen LogP contribution in [0.3, 0.4) is 0 Å². The van der Waals surface area contributed by atoms with Crippen LogP contribution in [-0.2, 0) is 18.3 Å². The third-order valence-corrected chi connectivity index (χ3v) is 1.90. The Hall–Kier alpha value is 0.0634. The van der Waals surface area contributed by atoms with E-state index >= 15 is 0 Å². The zero-order valence-corrected chi connectivity index (χ0v) is 8.59. The monoisotopic (exact) mass is 195 g/mol. The summed E-state index contributed by atoms with van der Waals surface area (Å²) in [5, 5.41) is 0. The number of hydrogen-bond acceptors (Lipinski definition) is 0. The molecule has 3 heteroatoms. The third kappa shape index (κ3) is 2.93. The van der Waals surface area contributed by atoms with Gasteiger partial charge in [0.15, 0.2) is 0 Å². The molecule has 0 aromatic heterocycles. The van der Waals surface area contributed by atoms with Crippen molar-refractivity contribution in [2.45, 2.75) is 0 Å². The summed E-state index contributed by atoms with van der Waals surface area (Å²) in [5.74, 6) is -0.151. The van der Waals surface area contributed by atoms with Crippen molar-refractivity contribution in [1.82, 2.24) is 0 Å². The zero-order valence-electron chi connectivity index (χ0n) is 4.80. The van der Waals surface area contributed by atoms with Gasteiger partial charge in [0.05, 0.1) is 0 Å². The average Bonchev–Trinajstić information content (AvgIpc) is 1.77. The molecule has 0 fully saturated rings. The van der Waals surface area contributed by atoms with Crippen LogP contribution in [0.5, 0.6) is 0 Å². The number of hydrogen-bond donors (Lipinski definition) is 0. The Balaban J connectivity index is 0.000000640.